The first-order valence-electron chi connectivity index (χ1n) is 4.90. The van der Waals surface area contributed by atoms with Crippen LogP contribution in [0.2, 0.25) is 0 Å². The number of aldehydes is 1. The Morgan fingerprint density at radius 3 is 2.62 bits per heavy atom. The molecule has 0 fully saturated rings. The molecule has 0 N–H and O–H groups in total. The van der Waals surface area contributed by atoms with Gasteiger partial charge in [-0.25, -0.2) is 0 Å². The van der Waals surface area contributed by atoms with Gasteiger partial charge in [0.1, 0.15) is 5.75 Å². The maximum atomic E-state index is 10.9. The number of carbonyl (C=O) groups is 1. The van der Waals surface area contributed by atoms with Gasteiger partial charge >= 0.3 is 0 Å². The highest BCUT2D eigenvalue weighted by molar-refractivity contribution is 5.81. The Morgan fingerprint density at radius 2 is 2.00 bits per heavy atom. The van der Waals surface area contributed by atoms with Gasteiger partial charge in [-0.1, -0.05) is 30.3 Å². The minimum Gasteiger partial charge on any atom is -0.494 e. The maximum Gasteiger partial charge on any atom is 0.153 e. The molecule has 0 aliphatic heterocycles. The van der Waals surface area contributed by atoms with Crippen LogP contribution in [0.15, 0.2) is 42.6 Å². The summed E-state index contributed by atoms with van der Waals surface area (Å²) in [5.74, 6) is 0.495. The highest BCUT2D eigenvalue weighted by Gasteiger charge is 2.05. The summed E-state index contributed by atoms with van der Waals surface area (Å²) >= 11 is 0. The molecular formula is C13H11NO2. The number of benzene rings is 1. The van der Waals surface area contributed by atoms with Crippen molar-refractivity contribution >= 4 is 6.29 Å². The molecule has 3 heteroatoms. The van der Waals surface area contributed by atoms with Crippen molar-refractivity contribution in [2.75, 3.05) is 7.11 Å². The highest BCUT2D eigenvalue weighted by Crippen LogP contribution is 2.22. The highest BCUT2D eigenvalue weighted by atomic mass is 16.5. The van der Waals surface area contributed by atoms with Crippen molar-refractivity contribution in [3.63, 3.8) is 0 Å². The van der Waals surface area contributed by atoms with Crippen LogP contribution in [0.4, 0.5) is 0 Å². The monoisotopic (exact) mass is 213 g/mol. The number of rotatable bonds is 3. The molecule has 1 aromatic heterocycles. The molecule has 2 aromatic rings. The van der Waals surface area contributed by atoms with Gasteiger partial charge in [-0.05, 0) is 6.07 Å². The zero-order valence-corrected chi connectivity index (χ0v) is 8.88. The molecule has 80 valence electrons. The molecule has 0 aliphatic rings. The summed E-state index contributed by atoms with van der Waals surface area (Å²) in [4.78, 5) is 15.1. The Bertz CT molecular complexity index is 495. The summed E-state index contributed by atoms with van der Waals surface area (Å²) in [6, 6.07) is 11.4. The van der Waals surface area contributed by atoms with E-state index >= 15 is 0 Å². The molecule has 0 amide bonds. The van der Waals surface area contributed by atoms with E-state index in [0.717, 1.165) is 17.5 Å². The molecule has 2 rings (SSSR count). The summed E-state index contributed by atoms with van der Waals surface area (Å²) in [5.41, 5.74) is 2.26. The van der Waals surface area contributed by atoms with Crippen molar-refractivity contribution in [1.82, 2.24) is 4.98 Å². The van der Waals surface area contributed by atoms with E-state index in [1.165, 1.54) is 7.11 Å². The van der Waals surface area contributed by atoms with Crippen LogP contribution in [0.1, 0.15) is 10.4 Å². The third-order valence-corrected chi connectivity index (χ3v) is 2.31. The first-order chi connectivity index (χ1) is 7.85. The average Bonchev–Trinajstić information content (AvgIpc) is 2.39. The van der Waals surface area contributed by atoms with Gasteiger partial charge in [0.2, 0.25) is 0 Å². The second kappa shape index (κ2) is 4.57. The molecule has 0 unspecified atom stereocenters. The molecule has 0 saturated carbocycles. The minimum atomic E-state index is 0.495. The molecule has 1 heterocycles. The zero-order valence-electron chi connectivity index (χ0n) is 8.88. The Morgan fingerprint density at radius 1 is 1.25 bits per heavy atom. The van der Waals surface area contributed by atoms with Crippen LogP contribution in [0.25, 0.3) is 11.3 Å². The fourth-order valence-electron chi connectivity index (χ4n) is 1.49. The van der Waals surface area contributed by atoms with E-state index in [2.05, 4.69) is 4.98 Å². The first kappa shape index (κ1) is 10.4. The Labute approximate surface area is 93.7 Å². The fraction of sp³-hybridized carbons (Fsp3) is 0.0769. The van der Waals surface area contributed by atoms with Gasteiger partial charge in [-0.3, -0.25) is 9.78 Å². The number of hydrogen-bond acceptors (Lipinski definition) is 3. The summed E-state index contributed by atoms with van der Waals surface area (Å²) < 4.78 is 5.03. The lowest BCUT2D eigenvalue weighted by molar-refractivity contribution is 0.112. The number of pyridine rings is 1. The van der Waals surface area contributed by atoms with E-state index in [-0.39, 0.29) is 0 Å². The van der Waals surface area contributed by atoms with E-state index < -0.39 is 0 Å². The van der Waals surface area contributed by atoms with Gasteiger partial charge in [0.25, 0.3) is 0 Å². The summed E-state index contributed by atoms with van der Waals surface area (Å²) in [6.07, 6.45) is 2.33. The Balaban J connectivity index is 2.48. The van der Waals surface area contributed by atoms with Crippen LogP contribution < -0.4 is 4.74 Å². The molecule has 0 aliphatic carbocycles. The van der Waals surface area contributed by atoms with Crippen molar-refractivity contribution in [3.8, 4) is 17.0 Å². The lowest BCUT2D eigenvalue weighted by Gasteiger charge is -2.05. The van der Waals surface area contributed by atoms with E-state index in [9.17, 15) is 4.79 Å². The van der Waals surface area contributed by atoms with Gasteiger partial charge in [-0.2, -0.15) is 0 Å². The quantitative estimate of drug-likeness (QED) is 0.735. The molecular weight excluding hydrogens is 202 g/mol. The number of aromatic nitrogens is 1. The lowest BCUT2D eigenvalue weighted by atomic mass is 10.1. The SMILES string of the molecule is COc1cnc(-c2ccccc2)cc1C=O. The summed E-state index contributed by atoms with van der Waals surface area (Å²) in [6.45, 7) is 0. The van der Waals surface area contributed by atoms with Crippen LogP contribution in [0.3, 0.4) is 0 Å². The van der Waals surface area contributed by atoms with Crippen molar-refractivity contribution in [2.24, 2.45) is 0 Å². The van der Waals surface area contributed by atoms with Crippen LogP contribution in [0.5, 0.6) is 5.75 Å². The topological polar surface area (TPSA) is 39.2 Å². The van der Waals surface area contributed by atoms with Crippen LogP contribution >= 0.6 is 0 Å². The van der Waals surface area contributed by atoms with E-state index in [1.54, 1.807) is 12.3 Å². The molecule has 3 nitrogen and oxygen atoms in total. The van der Waals surface area contributed by atoms with Crippen LogP contribution in [-0.4, -0.2) is 18.4 Å². The molecule has 0 spiro atoms. The van der Waals surface area contributed by atoms with Gasteiger partial charge in [0.15, 0.2) is 6.29 Å². The zero-order chi connectivity index (χ0) is 11.4. The second-order valence-corrected chi connectivity index (χ2v) is 3.30. The number of ether oxygens (including phenoxy) is 1. The minimum absolute atomic E-state index is 0.495. The predicted molar refractivity (Wildman–Crippen MR) is 61.6 cm³/mol. The van der Waals surface area contributed by atoms with Crippen LogP contribution in [-0.2, 0) is 0 Å². The van der Waals surface area contributed by atoms with E-state index in [4.69, 9.17) is 4.74 Å². The number of nitrogens with zero attached hydrogens (tertiary/aromatic N) is 1. The summed E-state index contributed by atoms with van der Waals surface area (Å²) in [7, 11) is 1.52. The van der Waals surface area contributed by atoms with E-state index in [1.807, 2.05) is 30.3 Å². The van der Waals surface area contributed by atoms with E-state index in [0.29, 0.717) is 11.3 Å². The van der Waals surface area contributed by atoms with Gasteiger partial charge in [-0.15, -0.1) is 0 Å². The van der Waals surface area contributed by atoms with Crippen LogP contribution in [0, 0.1) is 0 Å². The predicted octanol–water partition coefficient (Wildman–Crippen LogP) is 2.57. The molecule has 16 heavy (non-hydrogen) atoms. The Kier molecular flexibility index (Phi) is 2.96. The van der Waals surface area contributed by atoms with Gasteiger partial charge < -0.3 is 4.74 Å². The number of carbonyl (C=O) groups excluding carboxylic acids is 1. The third-order valence-electron chi connectivity index (χ3n) is 2.31. The van der Waals surface area contributed by atoms with Crippen molar-refractivity contribution in [2.45, 2.75) is 0 Å². The van der Waals surface area contributed by atoms with Gasteiger partial charge in [0.05, 0.1) is 24.6 Å². The lowest BCUT2D eigenvalue weighted by Crippen LogP contribution is -1.93. The first-order valence-corrected chi connectivity index (χ1v) is 4.90. The van der Waals surface area contributed by atoms with Gasteiger partial charge in [0, 0.05) is 5.56 Å². The summed E-state index contributed by atoms with van der Waals surface area (Å²) in [5, 5.41) is 0. The fourth-order valence-corrected chi connectivity index (χ4v) is 1.49. The largest absolute Gasteiger partial charge is 0.494 e. The molecule has 0 bridgehead atoms. The second-order valence-electron chi connectivity index (χ2n) is 3.30. The number of hydrogen-bond donors (Lipinski definition) is 0. The smallest absolute Gasteiger partial charge is 0.153 e. The molecule has 0 saturated heterocycles. The third kappa shape index (κ3) is 1.93. The average molecular weight is 213 g/mol. The van der Waals surface area contributed by atoms with Crippen molar-refractivity contribution in [3.05, 3.63) is 48.2 Å². The standard InChI is InChI=1S/C13H11NO2/c1-16-13-8-14-12(7-11(13)9-15)10-5-3-2-4-6-10/h2-9H,1H3. The normalized spacial score (nSPS) is 9.81. The molecule has 0 atom stereocenters. The molecule has 0 radical (unpaired) electrons. The van der Waals surface area contributed by atoms with Crippen molar-refractivity contribution in [1.29, 1.82) is 0 Å². The maximum absolute atomic E-state index is 10.9. The molecule has 1 aromatic carbocycles. The number of methoxy groups -OCH3 is 1. The van der Waals surface area contributed by atoms with Crippen molar-refractivity contribution < 1.29 is 9.53 Å². The Hall–Kier alpha value is -2.16.